The molecular weight excluding hydrogens is 276 g/mol. The number of carbonyl (C=O) groups excluding carboxylic acids is 1. The summed E-state index contributed by atoms with van der Waals surface area (Å²) < 4.78 is 5.46. The molecule has 0 bridgehead atoms. The molecule has 4 heteroatoms. The largest absolute Gasteiger partial charge is 0.494 e. The molecule has 0 saturated heterocycles. The van der Waals surface area contributed by atoms with Crippen LogP contribution in [-0.2, 0) is 0 Å². The van der Waals surface area contributed by atoms with Gasteiger partial charge in [-0.2, -0.15) is 0 Å². The molecule has 0 aliphatic rings. The van der Waals surface area contributed by atoms with Gasteiger partial charge in [0.15, 0.2) is 5.78 Å². The number of nitrogens with zero attached hydrogens (tertiary/aromatic N) is 1. The van der Waals surface area contributed by atoms with Crippen molar-refractivity contribution in [2.24, 2.45) is 0 Å². The van der Waals surface area contributed by atoms with E-state index in [1.165, 1.54) is 0 Å². The number of carbonyl (C=O) groups is 1. The van der Waals surface area contributed by atoms with Crippen molar-refractivity contribution in [1.29, 1.82) is 0 Å². The maximum Gasteiger partial charge on any atom is 0.196 e. The third kappa shape index (κ3) is 4.07. The summed E-state index contributed by atoms with van der Waals surface area (Å²) >= 11 is 0. The third-order valence-corrected chi connectivity index (χ3v) is 3.28. The van der Waals surface area contributed by atoms with Crippen LogP contribution in [0.4, 0.5) is 5.82 Å². The zero-order valence-electron chi connectivity index (χ0n) is 13.1. The summed E-state index contributed by atoms with van der Waals surface area (Å²) in [5.74, 6) is 1.30. The number of hydrogen-bond donors (Lipinski definition) is 1. The Kier molecular flexibility index (Phi) is 5.95. The number of anilines is 1. The quantitative estimate of drug-likeness (QED) is 0.593. The molecule has 1 N–H and O–H groups in total. The molecule has 2 aromatic rings. The van der Waals surface area contributed by atoms with E-state index < -0.39 is 0 Å². The van der Waals surface area contributed by atoms with Crippen molar-refractivity contribution >= 4 is 11.6 Å². The van der Waals surface area contributed by atoms with Gasteiger partial charge in [0.1, 0.15) is 11.6 Å². The molecule has 0 aliphatic carbocycles. The Morgan fingerprint density at radius 2 is 2.09 bits per heavy atom. The summed E-state index contributed by atoms with van der Waals surface area (Å²) in [6.45, 7) is 5.44. The molecule has 2 rings (SSSR count). The fraction of sp³-hybridized carbons (Fsp3) is 0.333. The topological polar surface area (TPSA) is 51.2 Å². The van der Waals surface area contributed by atoms with Gasteiger partial charge in [-0.3, -0.25) is 4.79 Å². The molecular formula is C18H22N2O2. The van der Waals surface area contributed by atoms with Crippen LogP contribution in [0.2, 0.25) is 0 Å². The van der Waals surface area contributed by atoms with Crippen molar-refractivity contribution in [2.45, 2.75) is 26.7 Å². The zero-order chi connectivity index (χ0) is 15.8. The van der Waals surface area contributed by atoms with Crippen LogP contribution >= 0.6 is 0 Å². The molecule has 0 aliphatic heterocycles. The Morgan fingerprint density at radius 1 is 1.23 bits per heavy atom. The number of pyridine rings is 1. The predicted octanol–water partition coefficient (Wildman–Crippen LogP) is 3.92. The number of unbranched alkanes of at least 4 members (excludes halogenated alkanes) is 1. The summed E-state index contributed by atoms with van der Waals surface area (Å²) in [6, 6.07) is 10.8. The van der Waals surface area contributed by atoms with Gasteiger partial charge < -0.3 is 10.1 Å². The third-order valence-electron chi connectivity index (χ3n) is 3.28. The van der Waals surface area contributed by atoms with Crippen molar-refractivity contribution in [1.82, 2.24) is 4.98 Å². The molecule has 1 heterocycles. The van der Waals surface area contributed by atoms with Crippen LogP contribution in [-0.4, -0.2) is 23.9 Å². The van der Waals surface area contributed by atoms with Crippen molar-refractivity contribution in [3.63, 3.8) is 0 Å². The van der Waals surface area contributed by atoms with Gasteiger partial charge in [0.05, 0.1) is 12.2 Å². The molecule has 1 aromatic heterocycles. The van der Waals surface area contributed by atoms with Crippen LogP contribution < -0.4 is 10.1 Å². The minimum Gasteiger partial charge on any atom is -0.494 e. The normalized spacial score (nSPS) is 10.3. The second-order valence-corrected chi connectivity index (χ2v) is 4.97. The monoisotopic (exact) mass is 298 g/mol. The van der Waals surface area contributed by atoms with Gasteiger partial charge in [0, 0.05) is 18.3 Å². The summed E-state index contributed by atoms with van der Waals surface area (Å²) in [5.41, 5.74) is 1.20. The van der Waals surface area contributed by atoms with Gasteiger partial charge in [-0.15, -0.1) is 0 Å². The molecule has 0 spiro atoms. The molecule has 1 aromatic carbocycles. The second kappa shape index (κ2) is 8.17. The average Bonchev–Trinajstić information content (AvgIpc) is 2.55. The molecule has 0 saturated carbocycles. The first-order valence-corrected chi connectivity index (χ1v) is 7.72. The number of aromatic nitrogens is 1. The lowest BCUT2D eigenvalue weighted by Crippen LogP contribution is -2.10. The highest BCUT2D eigenvalue weighted by atomic mass is 16.5. The fourth-order valence-electron chi connectivity index (χ4n) is 2.16. The Hall–Kier alpha value is -2.36. The molecule has 0 atom stereocenters. The summed E-state index contributed by atoms with van der Waals surface area (Å²) in [6.07, 6.45) is 3.84. The predicted molar refractivity (Wildman–Crippen MR) is 88.7 cm³/mol. The highest BCUT2D eigenvalue weighted by molar-refractivity contribution is 6.12. The van der Waals surface area contributed by atoms with Crippen molar-refractivity contribution in [2.75, 3.05) is 18.5 Å². The Bertz CT molecular complexity index is 626. The average molecular weight is 298 g/mol. The van der Waals surface area contributed by atoms with Crippen LogP contribution in [0.15, 0.2) is 42.6 Å². The lowest BCUT2D eigenvalue weighted by Gasteiger charge is -2.10. The molecule has 0 radical (unpaired) electrons. The lowest BCUT2D eigenvalue weighted by molar-refractivity contribution is 0.103. The number of rotatable bonds is 8. The Balaban J connectivity index is 2.23. The van der Waals surface area contributed by atoms with Crippen LogP contribution in [0.3, 0.4) is 0 Å². The van der Waals surface area contributed by atoms with Gasteiger partial charge in [-0.05, 0) is 37.6 Å². The van der Waals surface area contributed by atoms with Crippen LogP contribution in [0.1, 0.15) is 42.6 Å². The number of hydrogen-bond acceptors (Lipinski definition) is 4. The van der Waals surface area contributed by atoms with E-state index in [9.17, 15) is 4.79 Å². The van der Waals surface area contributed by atoms with E-state index in [2.05, 4.69) is 17.2 Å². The van der Waals surface area contributed by atoms with E-state index in [0.717, 1.165) is 19.4 Å². The molecule has 116 valence electrons. The van der Waals surface area contributed by atoms with E-state index in [1.807, 2.05) is 19.1 Å². The number of ether oxygens (including phenoxy) is 1. The summed E-state index contributed by atoms with van der Waals surface area (Å²) in [7, 11) is 0. The van der Waals surface area contributed by atoms with Crippen LogP contribution in [0.5, 0.6) is 5.75 Å². The first kappa shape index (κ1) is 16.0. The Morgan fingerprint density at radius 3 is 2.86 bits per heavy atom. The number of benzene rings is 1. The number of ketones is 1. The summed E-state index contributed by atoms with van der Waals surface area (Å²) in [4.78, 5) is 17.0. The molecule has 0 fully saturated rings. The maximum atomic E-state index is 12.7. The second-order valence-electron chi connectivity index (χ2n) is 4.97. The van der Waals surface area contributed by atoms with E-state index in [-0.39, 0.29) is 5.78 Å². The minimum atomic E-state index is -0.0475. The highest BCUT2D eigenvalue weighted by Gasteiger charge is 2.14. The maximum absolute atomic E-state index is 12.7. The van der Waals surface area contributed by atoms with Gasteiger partial charge in [-0.25, -0.2) is 4.98 Å². The smallest absolute Gasteiger partial charge is 0.196 e. The van der Waals surface area contributed by atoms with Crippen molar-refractivity contribution < 1.29 is 9.53 Å². The standard InChI is InChI=1S/C18H22N2O2/c1-3-5-11-19-18-16(10-7-12-20-18)17(21)14-8-6-9-15(13-14)22-4-2/h6-10,12-13H,3-5,11H2,1-2H3,(H,19,20). The van der Waals surface area contributed by atoms with Crippen molar-refractivity contribution in [3.05, 3.63) is 53.7 Å². The van der Waals surface area contributed by atoms with E-state index >= 15 is 0 Å². The molecule has 22 heavy (non-hydrogen) atoms. The lowest BCUT2D eigenvalue weighted by atomic mass is 10.0. The first-order valence-electron chi connectivity index (χ1n) is 7.72. The van der Waals surface area contributed by atoms with E-state index in [0.29, 0.717) is 29.3 Å². The molecule has 0 unspecified atom stereocenters. The molecule has 4 nitrogen and oxygen atoms in total. The SMILES string of the molecule is CCCCNc1ncccc1C(=O)c1cccc(OCC)c1. The van der Waals surface area contributed by atoms with Gasteiger partial charge >= 0.3 is 0 Å². The van der Waals surface area contributed by atoms with Crippen LogP contribution in [0, 0.1) is 0 Å². The summed E-state index contributed by atoms with van der Waals surface area (Å²) in [5, 5.41) is 3.24. The van der Waals surface area contributed by atoms with Gasteiger partial charge in [0.25, 0.3) is 0 Å². The van der Waals surface area contributed by atoms with E-state index in [4.69, 9.17) is 4.74 Å². The van der Waals surface area contributed by atoms with Crippen LogP contribution in [0.25, 0.3) is 0 Å². The minimum absolute atomic E-state index is 0.0475. The van der Waals surface area contributed by atoms with Gasteiger partial charge in [0.2, 0.25) is 0 Å². The van der Waals surface area contributed by atoms with Gasteiger partial charge in [-0.1, -0.05) is 25.5 Å². The zero-order valence-corrected chi connectivity index (χ0v) is 13.1. The number of nitrogens with one attached hydrogen (secondary N) is 1. The first-order chi connectivity index (χ1) is 10.8. The fourth-order valence-corrected chi connectivity index (χ4v) is 2.16. The van der Waals surface area contributed by atoms with E-state index in [1.54, 1.807) is 30.5 Å². The molecule has 0 amide bonds. The Labute approximate surface area is 131 Å². The van der Waals surface area contributed by atoms with Crippen molar-refractivity contribution in [3.8, 4) is 5.75 Å². The highest BCUT2D eigenvalue weighted by Crippen LogP contribution is 2.20.